The van der Waals surface area contributed by atoms with Gasteiger partial charge in [0.05, 0.1) is 0 Å². The highest BCUT2D eigenvalue weighted by molar-refractivity contribution is 5.89. The zero-order chi connectivity index (χ0) is 13.0. The van der Waals surface area contributed by atoms with Gasteiger partial charge in [0.25, 0.3) is 0 Å². The fourth-order valence-corrected chi connectivity index (χ4v) is 2.02. The molecule has 0 bridgehead atoms. The number of benzene rings is 1. The molecule has 1 atom stereocenters. The van der Waals surface area contributed by atoms with Crippen LogP contribution >= 0.6 is 0 Å². The largest absolute Gasteiger partial charge is 0.357 e. The molecular weight excluding hydrogens is 228 g/mol. The lowest BCUT2D eigenvalue weighted by Crippen LogP contribution is -2.43. The number of hydrogen-bond acceptors (Lipinski definition) is 2. The van der Waals surface area contributed by atoms with Gasteiger partial charge in [-0.25, -0.2) is 0 Å². The average Bonchev–Trinajstić information content (AvgIpc) is 2.34. The SMILES string of the molecule is CNC(=O)[C@@H](NC(=O)C1CCC1)c1ccccc1. The van der Waals surface area contributed by atoms with Crippen LogP contribution in [0.3, 0.4) is 0 Å². The summed E-state index contributed by atoms with van der Waals surface area (Å²) in [6, 6.07) is 8.71. The number of likely N-dealkylation sites (N-methyl/N-ethyl adjacent to an activating group) is 1. The quantitative estimate of drug-likeness (QED) is 0.843. The van der Waals surface area contributed by atoms with E-state index in [2.05, 4.69) is 10.6 Å². The summed E-state index contributed by atoms with van der Waals surface area (Å²) >= 11 is 0. The van der Waals surface area contributed by atoms with Crippen LogP contribution in [0.25, 0.3) is 0 Å². The van der Waals surface area contributed by atoms with E-state index in [4.69, 9.17) is 0 Å². The minimum atomic E-state index is -0.593. The molecule has 1 aliphatic rings. The van der Waals surface area contributed by atoms with E-state index < -0.39 is 6.04 Å². The normalized spacial score (nSPS) is 16.5. The van der Waals surface area contributed by atoms with Gasteiger partial charge in [0, 0.05) is 13.0 Å². The van der Waals surface area contributed by atoms with Crippen LogP contribution in [0.4, 0.5) is 0 Å². The second kappa shape index (κ2) is 5.67. The molecule has 0 saturated heterocycles. The molecule has 1 aromatic carbocycles. The molecule has 96 valence electrons. The van der Waals surface area contributed by atoms with Crippen molar-refractivity contribution in [3.63, 3.8) is 0 Å². The fraction of sp³-hybridized carbons (Fsp3) is 0.429. The summed E-state index contributed by atoms with van der Waals surface area (Å²) in [5.41, 5.74) is 0.810. The van der Waals surface area contributed by atoms with Crippen molar-refractivity contribution >= 4 is 11.8 Å². The number of nitrogens with one attached hydrogen (secondary N) is 2. The number of carbonyl (C=O) groups is 2. The van der Waals surface area contributed by atoms with Gasteiger partial charge in [-0.3, -0.25) is 9.59 Å². The highest BCUT2D eigenvalue weighted by atomic mass is 16.2. The molecule has 0 unspecified atom stereocenters. The summed E-state index contributed by atoms with van der Waals surface area (Å²) in [6.45, 7) is 0. The summed E-state index contributed by atoms with van der Waals surface area (Å²) in [7, 11) is 1.58. The second-order valence-electron chi connectivity index (χ2n) is 4.59. The van der Waals surface area contributed by atoms with E-state index in [0.29, 0.717) is 0 Å². The van der Waals surface area contributed by atoms with Gasteiger partial charge in [0.1, 0.15) is 6.04 Å². The van der Waals surface area contributed by atoms with Crippen molar-refractivity contribution in [3.05, 3.63) is 35.9 Å². The highest BCUT2D eigenvalue weighted by Crippen LogP contribution is 2.27. The zero-order valence-electron chi connectivity index (χ0n) is 10.5. The monoisotopic (exact) mass is 246 g/mol. The maximum absolute atomic E-state index is 11.9. The summed E-state index contributed by atoms with van der Waals surface area (Å²) in [5, 5.41) is 5.43. The molecule has 4 heteroatoms. The molecule has 2 N–H and O–H groups in total. The predicted octanol–water partition coefficient (Wildman–Crippen LogP) is 1.39. The van der Waals surface area contributed by atoms with E-state index in [0.717, 1.165) is 24.8 Å². The third-order valence-electron chi connectivity index (χ3n) is 3.40. The van der Waals surface area contributed by atoms with E-state index in [-0.39, 0.29) is 17.7 Å². The number of carbonyl (C=O) groups excluding carboxylic acids is 2. The van der Waals surface area contributed by atoms with E-state index in [1.807, 2.05) is 30.3 Å². The lowest BCUT2D eigenvalue weighted by Gasteiger charge is -2.27. The van der Waals surface area contributed by atoms with Crippen molar-refractivity contribution in [2.75, 3.05) is 7.05 Å². The first-order valence-electron chi connectivity index (χ1n) is 6.29. The Labute approximate surface area is 107 Å². The predicted molar refractivity (Wildman–Crippen MR) is 68.7 cm³/mol. The van der Waals surface area contributed by atoms with E-state index in [1.54, 1.807) is 7.05 Å². The Bertz CT molecular complexity index is 427. The molecule has 0 aliphatic heterocycles. The molecule has 0 spiro atoms. The maximum Gasteiger partial charge on any atom is 0.246 e. The molecule has 1 aromatic rings. The topological polar surface area (TPSA) is 58.2 Å². The molecule has 2 amide bonds. The van der Waals surface area contributed by atoms with Crippen LogP contribution in [0, 0.1) is 5.92 Å². The Balaban J connectivity index is 2.10. The van der Waals surface area contributed by atoms with Crippen molar-refractivity contribution in [1.29, 1.82) is 0 Å². The van der Waals surface area contributed by atoms with Crippen LogP contribution in [0.1, 0.15) is 30.9 Å². The van der Waals surface area contributed by atoms with E-state index in [1.165, 1.54) is 0 Å². The van der Waals surface area contributed by atoms with Gasteiger partial charge in [-0.05, 0) is 18.4 Å². The molecule has 2 rings (SSSR count). The molecular formula is C14H18N2O2. The minimum absolute atomic E-state index is 0.0151. The summed E-state index contributed by atoms with van der Waals surface area (Å²) in [4.78, 5) is 23.8. The summed E-state index contributed by atoms with van der Waals surface area (Å²) < 4.78 is 0. The van der Waals surface area contributed by atoms with Crippen LogP contribution in [0.15, 0.2) is 30.3 Å². The molecule has 0 radical (unpaired) electrons. The standard InChI is InChI=1S/C14H18N2O2/c1-15-14(18)12(10-6-3-2-4-7-10)16-13(17)11-8-5-9-11/h2-4,6-7,11-12H,5,8-9H2,1H3,(H,15,18)(H,16,17)/t12-/m0/s1. The Hall–Kier alpha value is -1.84. The van der Waals surface area contributed by atoms with Gasteiger partial charge < -0.3 is 10.6 Å². The van der Waals surface area contributed by atoms with Crippen molar-refractivity contribution in [2.24, 2.45) is 5.92 Å². The van der Waals surface area contributed by atoms with Crippen LogP contribution in [0.5, 0.6) is 0 Å². The van der Waals surface area contributed by atoms with Crippen molar-refractivity contribution in [3.8, 4) is 0 Å². The van der Waals surface area contributed by atoms with Crippen molar-refractivity contribution in [2.45, 2.75) is 25.3 Å². The first-order chi connectivity index (χ1) is 8.72. The third kappa shape index (κ3) is 2.70. The molecule has 4 nitrogen and oxygen atoms in total. The molecule has 0 heterocycles. The second-order valence-corrected chi connectivity index (χ2v) is 4.59. The van der Waals surface area contributed by atoms with Gasteiger partial charge in [0.2, 0.25) is 11.8 Å². The van der Waals surface area contributed by atoms with E-state index >= 15 is 0 Å². The van der Waals surface area contributed by atoms with Crippen LogP contribution < -0.4 is 10.6 Å². The lowest BCUT2D eigenvalue weighted by atomic mass is 9.84. The van der Waals surface area contributed by atoms with E-state index in [9.17, 15) is 9.59 Å². The number of hydrogen-bond donors (Lipinski definition) is 2. The molecule has 0 aromatic heterocycles. The summed E-state index contributed by atoms with van der Waals surface area (Å²) in [6.07, 6.45) is 2.97. The van der Waals surface area contributed by atoms with Crippen LogP contribution in [-0.4, -0.2) is 18.9 Å². The van der Waals surface area contributed by atoms with Gasteiger partial charge in [-0.15, -0.1) is 0 Å². The smallest absolute Gasteiger partial charge is 0.246 e. The number of amides is 2. The molecule has 18 heavy (non-hydrogen) atoms. The van der Waals surface area contributed by atoms with Gasteiger partial charge >= 0.3 is 0 Å². The third-order valence-corrected chi connectivity index (χ3v) is 3.40. The Morgan fingerprint density at radius 3 is 2.39 bits per heavy atom. The first kappa shape index (κ1) is 12.6. The van der Waals surface area contributed by atoms with Crippen molar-refractivity contribution < 1.29 is 9.59 Å². The lowest BCUT2D eigenvalue weighted by molar-refractivity contribution is -0.132. The Kier molecular flexibility index (Phi) is 3.97. The van der Waals surface area contributed by atoms with Gasteiger partial charge in [-0.1, -0.05) is 36.8 Å². The highest BCUT2D eigenvalue weighted by Gasteiger charge is 2.29. The zero-order valence-corrected chi connectivity index (χ0v) is 10.5. The fourth-order valence-electron chi connectivity index (χ4n) is 2.02. The van der Waals surface area contributed by atoms with Crippen LogP contribution in [0.2, 0.25) is 0 Å². The van der Waals surface area contributed by atoms with Gasteiger partial charge in [-0.2, -0.15) is 0 Å². The first-order valence-corrected chi connectivity index (χ1v) is 6.29. The van der Waals surface area contributed by atoms with Crippen LogP contribution in [-0.2, 0) is 9.59 Å². The molecule has 1 fully saturated rings. The van der Waals surface area contributed by atoms with Crippen molar-refractivity contribution in [1.82, 2.24) is 10.6 Å². The minimum Gasteiger partial charge on any atom is -0.357 e. The maximum atomic E-state index is 11.9. The Morgan fingerprint density at radius 2 is 1.89 bits per heavy atom. The molecule has 1 aliphatic carbocycles. The van der Waals surface area contributed by atoms with Gasteiger partial charge in [0.15, 0.2) is 0 Å². The molecule has 1 saturated carbocycles. The summed E-state index contributed by atoms with van der Waals surface area (Å²) in [5.74, 6) is -0.117. The Morgan fingerprint density at radius 1 is 1.22 bits per heavy atom. The number of rotatable bonds is 4. The average molecular weight is 246 g/mol.